The first kappa shape index (κ1) is 24.3. The molecule has 1 aliphatic heterocycles. The normalized spacial score (nSPS) is 15.4. The van der Waals surface area contributed by atoms with Crippen LogP contribution in [0.25, 0.3) is 0 Å². The van der Waals surface area contributed by atoms with Gasteiger partial charge in [-0.1, -0.05) is 38.0 Å². The van der Waals surface area contributed by atoms with Gasteiger partial charge in [-0.25, -0.2) is 5.01 Å². The number of carbonyl (C=O) groups excluding carboxylic acids is 2. The van der Waals surface area contributed by atoms with Crippen LogP contribution in [0.5, 0.6) is 0 Å². The highest BCUT2D eigenvalue weighted by Crippen LogP contribution is 2.22. The Morgan fingerprint density at radius 3 is 2.00 bits per heavy atom. The van der Waals surface area contributed by atoms with Crippen molar-refractivity contribution in [2.75, 3.05) is 18.2 Å². The SMILES string of the molecule is CCCCC1C(=O)NN(c2ccccc2)C1=O.CCO.CCO.N. The molecule has 1 heterocycles. The molecular weight excluding hydrogens is 310 g/mol. The van der Waals surface area contributed by atoms with E-state index in [1.54, 1.807) is 26.0 Å². The Morgan fingerprint density at radius 2 is 1.54 bits per heavy atom. The summed E-state index contributed by atoms with van der Waals surface area (Å²) in [4.78, 5) is 23.8. The minimum atomic E-state index is -0.518. The molecule has 0 spiro atoms. The summed E-state index contributed by atoms with van der Waals surface area (Å²) in [6, 6.07) is 9.17. The lowest BCUT2D eigenvalue weighted by Gasteiger charge is -2.14. The third-order valence-electron chi connectivity index (χ3n) is 2.92. The van der Waals surface area contributed by atoms with E-state index in [0.29, 0.717) is 12.1 Å². The molecule has 7 heteroatoms. The molecule has 138 valence electrons. The van der Waals surface area contributed by atoms with Crippen molar-refractivity contribution in [3.05, 3.63) is 30.3 Å². The number of hydrogen-bond donors (Lipinski definition) is 4. The fraction of sp³-hybridized carbons (Fsp3) is 0.529. The van der Waals surface area contributed by atoms with E-state index in [2.05, 4.69) is 5.43 Å². The maximum absolute atomic E-state index is 12.1. The van der Waals surface area contributed by atoms with Crippen molar-refractivity contribution in [2.24, 2.45) is 5.92 Å². The summed E-state index contributed by atoms with van der Waals surface area (Å²) >= 11 is 0. The summed E-state index contributed by atoms with van der Waals surface area (Å²) in [5.41, 5.74) is 3.34. The number of aliphatic hydroxyl groups is 2. The van der Waals surface area contributed by atoms with E-state index in [1.165, 1.54) is 5.01 Å². The van der Waals surface area contributed by atoms with E-state index < -0.39 is 5.92 Å². The Bertz CT molecular complexity index is 452. The number of hydrazine groups is 1. The van der Waals surface area contributed by atoms with Crippen LogP contribution >= 0.6 is 0 Å². The van der Waals surface area contributed by atoms with Crippen LogP contribution in [0.3, 0.4) is 0 Å². The summed E-state index contributed by atoms with van der Waals surface area (Å²) in [5, 5.41) is 16.5. The summed E-state index contributed by atoms with van der Waals surface area (Å²) in [5.74, 6) is -0.850. The zero-order valence-corrected chi connectivity index (χ0v) is 14.9. The summed E-state index contributed by atoms with van der Waals surface area (Å²) in [6.45, 7) is 5.91. The molecule has 1 unspecified atom stereocenters. The Kier molecular flexibility index (Phi) is 14.8. The second-order valence-corrected chi connectivity index (χ2v) is 4.81. The number of para-hydroxylation sites is 1. The lowest BCUT2D eigenvalue weighted by molar-refractivity contribution is -0.127. The predicted octanol–water partition coefficient (Wildman–Crippen LogP) is 2.03. The van der Waals surface area contributed by atoms with Gasteiger partial charge in [0.1, 0.15) is 5.92 Å². The molecule has 1 fully saturated rings. The molecule has 1 aliphatic rings. The maximum Gasteiger partial charge on any atom is 0.258 e. The number of carbonyl (C=O) groups is 2. The second kappa shape index (κ2) is 14.6. The van der Waals surface area contributed by atoms with Gasteiger partial charge in [-0.15, -0.1) is 0 Å². The molecule has 2 amide bonds. The van der Waals surface area contributed by atoms with Gasteiger partial charge >= 0.3 is 0 Å². The van der Waals surface area contributed by atoms with Crippen LogP contribution in [-0.4, -0.2) is 35.2 Å². The minimum Gasteiger partial charge on any atom is -0.397 e. The molecule has 1 saturated heterocycles. The largest absolute Gasteiger partial charge is 0.397 e. The first-order valence-electron chi connectivity index (χ1n) is 7.98. The van der Waals surface area contributed by atoms with E-state index in [9.17, 15) is 9.59 Å². The molecule has 0 aromatic heterocycles. The minimum absolute atomic E-state index is 0. The van der Waals surface area contributed by atoms with Crippen LogP contribution in [0.1, 0.15) is 40.0 Å². The van der Waals surface area contributed by atoms with Gasteiger partial charge in [-0.3, -0.25) is 15.0 Å². The van der Waals surface area contributed by atoms with Crippen molar-refractivity contribution in [2.45, 2.75) is 40.0 Å². The lowest BCUT2D eigenvalue weighted by atomic mass is 10.0. The number of amides is 2. The molecule has 2 rings (SSSR count). The first-order valence-corrected chi connectivity index (χ1v) is 7.98. The molecule has 1 aromatic carbocycles. The van der Waals surface area contributed by atoms with Gasteiger partial charge in [0.05, 0.1) is 5.69 Å². The molecule has 24 heavy (non-hydrogen) atoms. The number of benzene rings is 1. The monoisotopic (exact) mass is 341 g/mol. The number of unbranched alkanes of at least 4 members (excludes halogenated alkanes) is 1. The number of aliphatic hydroxyl groups excluding tert-OH is 2. The van der Waals surface area contributed by atoms with Crippen molar-refractivity contribution in [1.29, 1.82) is 0 Å². The standard InChI is InChI=1S/C13H16N2O2.2C2H6O.H3N/c1-2-3-9-11-12(16)14-15(13(11)17)10-7-5-4-6-8-10;2*1-2-3;/h4-8,11H,2-3,9H2,1H3,(H,14,16);2*3H,2H2,1H3;1H3. The fourth-order valence-electron chi connectivity index (χ4n) is 1.94. The van der Waals surface area contributed by atoms with Crippen molar-refractivity contribution in [1.82, 2.24) is 11.6 Å². The topological polar surface area (TPSA) is 125 Å². The quantitative estimate of drug-likeness (QED) is 0.624. The summed E-state index contributed by atoms with van der Waals surface area (Å²) < 4.78 is 0. The fourth-order valence-corrected chi connectivity index (χ4v) is 1.94. The van der Waals surface area contributed by atoms with E-state index in [1.807, 2.05) is 25.1 Å². The van der Waals surface area contributed by atoms with Gasteiger partial charge in [-0.05, 0) is 32.4 Å². The van der Waals surface area contributed by atoms with Crippen molar-refractivity contribution >= 4 is 17.5 Å². The number of nitrogens with one attached hydrogen (secondary N) is 1. The average molecular weight is 341 g/mol. The highest BCUT2D eigenvalue weighted by Gasteiger charge is 2.39. The first-order chi connectivity index (χ1) is 11.1. The molecule has 6 N–H and O–H groups in total. The van der Waals surface area contributed by atoms with Gasteiger partial charge in [0.2, 0.25) is 0 Å². The third kappa shape index (κ3) is 8.05. The molecular formula is C17H31N3O4. The average Bonchev–Trinajstić information content (AvgIpc) is 2.82. The van der Waals surface area contributed by atoms with E-state index in [0.717, 1.165) is 12.8 Å². The van der Waals surface area contributed by atoms with Gasteiger partial charge in [0, 0.05) is 13.2 Å². The molecule has 1 aromatic rings. The third-order valence-corrected chi connectivity index (χ3v) is 2.92. The molecule has 0 saturated carbocycles. The van der Waals surface area contributed by atoms with E-state index >= 15 is 0 Å². The molecule has 0 aliphatic carbocycles. The molecule has 7 nitrogen and oxygen atoms in total. The molecule has 1 atom stereocenters. The summed E-state index contributed by atoms with van der Waals surface area (Å²) in [6.07, 6.45) is 2.51. The van der Waals surface area contributed by atoms with Gasteiger partial charge < -0.3 is 16.4 Å². The van der Waals surface area contributed by atoms with E-state index in [4.69, 9.17) is 10.2 Å². The van der Waals surface area contributed by atoms with Crippen LogP contribution in [0, 0.1) is 5.92 Å². The van der Waals surface area contributed by atoms with Crippen LogP contribution in [-0.2, 0) is 9.59 Å². The smallest absolute Gasteiger partial charge is 0.258 e. The van der Waals surface area contributed by atoms with Crippen LogP contribution in [0.4, 0.5) is 5.69 Å². The Hall–Kier alpha value is -1.96. The predicted molar refractivity (Wildman–Crippen MR) is 95.6 cm³/mol. The van der Waals surface area contributed by atoms with Crippen molar-refractivity contribution in [3.8, 4) is 0 Å². The number of hydrogen-bond acceptors (Lipinski definition) is 5. The van der Waals surface area contributed by atoms with E-state index in [-0.39, 0.29) is 31.2 Å². The lowest BCUT2D eigenvalue weighted by Crippen LogP contribution is -2.35. The molecule has 0 radical (unpaired) electrons. The van der Waals surface area contributed by atoms with Crippen LogP contribution < -0.4 is 16.6 Å². The second-order valence-electron chi connectivity index (χ2n) is 4.81. The van der Waals surface area contributed by atoms with Gasteiger partial charge in [-0.2, -0.15) is 0 Å². The van der Waals surface area contributed by atoms with Crippen LogP contribution in [0.2, 0.25) is 0 Å². The molecule has 0 bridgehead atoms. The Morgan fingerprint density at radius 1 is 1.04 bits per heavy atom. The Balaban J connectivity index is 0. The van der Waals surface area contributed by atoms with Crippen molar-refractivity contribution in [3.63, 3.8) is 0 Å². The Labute approximate surface area is 144 Å². The zero-order valence-electron chi connectivity index (χ0n) is 14.9. The maximum atomic E-state index is 12.1. The number of anilines is 1. The van der Waals surface area contributed by atoms with Gasteiger partial charge in [0.25, 0.3) is 11.8 Å². The summed E-state index contributed by atoms with van der Waals surface area (Å²) in [7, 11) is 0. The highest BCUT2D eigenvalue weighted by molar-refractivity contribution is 6.14. The van der Waals surface area contributed by atoms with Crippen molar-refractivity contribution < 1.29 is 19.8 Å². The van der Waals surface area contributed by atoms with Gasteiger partial charge in [0.15, 0.2) is 0 Å². The zero-order chi connectivity index (χ0) is 17.7. The van der Waals surface area contributed by atoms with Crippen LogP contribution in [0.15, 0.2) is 30.3 Å². The number of rotatable bonds is 4. The number of nitrogens with zero attached hydrogens (tertiary/aromatic N) is 1. The highest BCUT2D eigenvalue weighted by atomic mass is 16.3.